The second-order valence-electron chi connectivity index (χ2n) is 11.8. The second-order valence-corrected chi connectivity index (χ2v) is 11.8. The lowest BCUT2D eigenvalue weighted by molar-refractivity contribution is -0.339. The number of hydrogen-bond donors (Lipinski definition) is 9. The Morgan fingerprint density at radius 3 is 1.79 bits per heavy atom. The van der Waals surface area contributed by atoms with E-state index in [0.717, 1.165) is 16.8 Å². The monoisotopic (exact) mass is 882 g/mol. The third kappa shape index (κ3) is 20.8. The molecule has 0 aliphatic heterocycles. The minimum Gasteiger partial charge on any atom is -0.483 e. The summed E-state index contributed by atoms with van der Waals surface area (Å²) < 4.78 is 95.8. The van der Waals surface area contributed by atoms with Crippen LogP contribution in [0.15, 0.2) is 83.8 Å². The number of carboxylic acid groups (broad SMARTS) is 3. The van der Waals surface area contributed by atoms with E-state index in [2.05, 4.69) is 20.9 Å². The molecular weight excluding hydrogens is 843 g/mol. The molecule has 3 aromatic carbocycles. The first-order chi connectivity index (χ1) is 28.2. The van der Waals surface area contributed by atoms with Crippen LogP contribution in [-0.2, 0) is 38.8 Å². The zero-order chi connectivity index (χ0) is 47.1. The Morgan fingerprint density at radius 1 is 0.852 bits per heavy atom. The fourth-order valence-corrected chi connectivity index (χ4v) is 4.15. The minimum atomic E-state index is -6.06. The molecule has 1 heterocycles. The van der Waals surface area contributed by atoms with Crippen LogP contribution >= 0.6 is 0 Å². The number of amidine groups is 1. The molecule has 334 valence electrons. The van der Waals surface area contributed by atoms with Crippen LogP contribution in [0.3, 0.4) is 0 Å². The number of carbonyl (C=O) groups is 4. The molecule has 0 saturated carbocycles. The van der Waals surface area contributed by atoms with Gasteiger partial charge in [-0.2, -0.15) is 39.5 Å². The van der Waals surface area contributed by atoms with Crippen LogP contribution in [-0.4, -0.2) is 80.1 Å². The number of amides is 1. The first kappa shape index (κ1) is 53.7. The van der Waals surface area contributed by atoms with Gasteiger partial charge in [-0.15, -0.1) is 0 Å². The van der Waals surface area contributed by atoms with E-state index in [-0.39, 0.29) is 49.6 Å². The largest absolute Gasteiger partial charge is 0.490 e. The average molecular weight is 883 g/mol. The molecule has 0 saturated heterocycles. The third-order valence-corrected chi connectivity index (χ3v) is 6.69. The number of nitrogen functional groups attached to an aromatic ring is 2. The maximum Gasteiger partial charge on any atom is 0.490 e. The van der Waals surface area contributed by atoms with Crippen molar-refractivity contribution in [2.75, 3.05) is 16.4 Å². The number of hydrogen-bond acceptors (Lipinski definition) is 10. The summed E-state index contributed by atoms with van der Waals surface area (Å²) in [5.41, 5.74) is 16.3. The van der Waals surface area contributed by atoms with E-state index in [0.29, 0.717) is 29.1 Å². The minimum absolute atomic E-state index is 0.0209. The molecule has 1 amide bonds. The number of carboxylic acids is 1. The first-order valence-corrected chi connectivity index (χ1v) is 16.6. The van der Waals surface area contributed by atoms with Gasteiger partial charge in [0.15, 0.2) is 5.82 Å². The maximum absolute atomic E-state index is 13.5. The molecule has 25 heteroatoms. The molecule has 0 fully saturated rings. The van der Waals surface area contributed by atoms with Gasteiger partial charge in [0, 0.05) is 41.6 Å². The van der Waals surface area contributed by atoms with Gasteiger partial charge in [-0.1, -0.05) is 54.6 Å². The molecule has 0 atom stereocenters. The Kier molecular flexibility index (Phi) is 22.2. The van der Waals surface area contributed by atoms with Gasteiger partial charge >= 0.3 is 24.5 Å². The van der Waals surface area contributed by atoms with E-state index in [1.807, 2.05) is 56.3 Å². The first-order valence-electron chi connectivity index (χ1n) is 16.6. The van der Waals surface area contributed by atoms with E-state index >= 15 is 0 Å². The number of aliphatic carboxylic acids is 1. The second kappa shape index (κ2) is 25.2. The number of anilines is 3. The van der Waals surface area contributed by atoms with Gasteiger partial charge in [-0.25, -0.2) is 9.78 Å². The van der Waals surface area contributed by atoms with Gasteiger partial charge in [0.05, 0.1) is 11.9 Å². The summed E-state index contributed by atoms with van der Waals surface area (Å²) >= 11 is 0. The van der Waals surface area contributed by atoms with Crippen LogP contribution in [0.5, 0.6) is 0 Å². The molecule has 0 bridgehead atoms. The van der Waals surface area contributed by atoms with E-state index in [4.69, 9.17) is 46.6 Å². The van der Waals surface area contributed by atoms with Gasteiger partial charge in [0.25, 0.3) is 18.5 Å². The molecule has 4 rings (SSSR count). The van der Waals surface area contributed by atoms with Crippen molar-refractivity contribution in [2.24, 2.45) is 5.73 Å². The molecule has 1 aromatic heterocycles. The highest BCUT2D eigenvalue weighted by atomic mass is 19.5. The Hall–Kier alpha value is -7.34. The lowest BCUT2D eigenvalue weighted by Crippen LogP contribution is -2.35. The fraction of sp³-hybridized carbons (Fsp3) is 0.250. The number of nitrogens with zero attached hydrogens (tertiary/aromatic N) is 2. The van der Waals surface area contributed by atoms with Crippen LogP contribution in [0.4, 0.5) is 56.7 Å². The molecule has 0 aliphatic rings. The molecule has 61 heavy (non-hydrogen) atoms. The number of nitrogens with one attached hydrogen (secondary N) is 4. The van der Waals surface area contributed by atoms with Crippen molar-refractivity contribution in [3.05, 3.63) is 106 Å². The van der Waals surface area contributed by atoms with E-state index in [1.165, 1.54) is 4.57 Å². The molecule has 11 N–H and O–H groups in total. The van der Waals surface area contributed by atoms with Crippen molar-refractivity contribution >= 4 is 47.8 Å². The van der Waals surface area contributed by atoms with E-state index in [9.17, 15) is 49.1 Å². The Bertz CT molecular complexity index is 2060. The van der Waals surface area contributed by atoms with Gasteiger partial charge in [-0.3, -0.25) is 29.2 Å². The molecule has 0 radical (unpaired) electrons. The number of aromatic nitrogens is 2. The van der Waals surface area contributed by atoms with E-state index < -0.39 is 30.1 Å². The fourth-order valence-electron chi connectivity index (χ4n) is 4.15. The normalized spacial score (nSPS) is 10.6. The number of alkyl halides is 9. The highest BCUT2D eigenvalue weighted by Gasteiger charge is 2.58. The Labute approximate surface area is 339 Å². The van der Waals surface area contributed by atoms with Crippen molar-refractivity contribution < 1.29 is 74.0 Å². The van der Waals surface area contributed by atoms with Gasteiger partial charge in [0.2, 0.25) is 5.91 Å². The summed E-state index contributed by atoms with van der Waals surface area (Å²) in [4.78, 5) is 56.5. The summed E-state index contributed by atoms with van der Waals surface area (Å²) in [6.45, 7) is 3.96. The van der Waals surface area contributed by atoms with Crippen LogP contribution < -0.4 is 33.0 Å². The van der Waals surface area contributed by atoms with Crippen molar-refractivity contribution in [2.45, 2.75) is 58.1 Å². The molecule has 0 spiro atoms. The van der Waals surface area contributed by atoms with Gasteiger partial charge in [-0.05, 0) is 43.2 Å². The summed E-state index contributed by atoms with van der Waals surface area (Å²) in [6, 6.07) is 22.4. The molecule has 0 unspecified atom stereocenters. The lowest BCUT2D eigenvalue weighted by atomic mass is 10.1. The number of carbonyl (C=O) groups excluding carboxylic acids is 1. The van der Waals surface area contributed by atoms with E-state index in [1.54, 1.807) is 36.5 Å². The summed E-state index contributed by atoms with van der Waals surface area (Å²) in [5.74, 6) is -2.96. The quantitative estimate of drug-likeness (QED) is 0.0289. The molecule has 4 aromatic rings. The number of nitrogens with two attached hydrogens (primary N) is 2. The predicted molar refractivity (Wildman–Crippen MR) is 203 cm³/mol. The third-order valence-electron chi connectivity index (χ3n) is 6.69. The van der Waals surface area contributed by atoms with Crippen molar-refractivity contribution in [3.63, 3.8) is 0 Å². The van der Waals surface area contributed by atoms with Gasteiger partial charge < -0.3 is 42.7 Å². The standard InChI is InChI=1S/C30H34N8O2.C2F6.C2HF3O2.2CH2O2/c1-19(2)37-29-30(40)38(18-27(39)35-16-21-8-10-22(11-9-21)28(32)33)26(17-36-29)23-12-24(31)14-25(13-23)34-15-20-6-4-3-5-7-20;3-1(4,5)2(6,7)8;3-2(4,5)1(6)7;2*2-1-3/h3-14,17,19,34H,15-16,18,31H2,1-2H3,(H3,32,33)(H,35,39)(H,36,37);;(H,6,7);2*1H,(H,2,3). The smallest absolute Gasteiger partial charge is 0.483 e. The zero-order valence-electron chi connectivity index (χ0n) is 31.7. The average Bonchev–Trinajstić information content (AvgIpc) is 3.15. The van der Waals surface area contributed by atoms with Crippen molar-refractivity contribution in [1.82, 2.24) is 14.9 Å². The predicted octanol–water partition coefficient (Wildman–Crippen LogP) is 5.67. The Balaban J connectivity index is 0.00000142. The van der Waals surface area contributed by atoms with Crippen LogP contribution in [0, 0.1) is 5.41 Å². The van der Waals surface area contributed by atoms with Gasteiger partial charge in [0.1, 0.15) is 12.4 Å². The number of halogens is 9. The highest BCUT2D eigenvalue weighted by molar-refractivity contribution is 5.94. The SMILES string of the molecule is CC(C)Nc1ncc(-c2cc(N)cc(NCc3ccccc3)c2)n(CC(=O)NCc2ccc(C(=N)N)cc2)c1=O.FC(F)(F)C(F)(F)F.O=C(O)C(F)(F)F.O=CO.O=CO. The van der Waals surface area contributed by atoms with Crippen LogP contribution in [0.1, 0.15) is 30.5 Å². The number of benzene rings is 3. The lowest BCUT2D eigenvalue weighted by Gasteiger charge is -2.17. The van der Waals surface area contributed by atoms with Crippen molar-refractivity contribution in [1.29, 1.82) is 5.41 Å². The van der Waals surface area contributed by atoms with Crippen molar-refractivity contribution in [3.8, 4) is 11.3 Å². The maximum atomic E-state index is 13.5. The Morgan fingerprint density at radius 2 is 1.34 bits per heavy atom. The highest BCUT2D eigenvalue weighted by Crippen LogP contribution is 2.36. The number of rotatable bonds is 11. The summed E-state index contributed by atoms with van der Waals surface area (Å²) in [5, 5.41) is 37.7. The summed E-state index contributed by atoms with van der Waals surface area (Å²) in [6.07, 6.45) is -15.6. The zero-order valence-corrected chi connectivity index (χ0v) is 31.7. The molecular formula is C36H39F9N8O8. The van der Waals surface area contributed by atoms with Crippen LogP contribution in [0.25, 0.3) is 11.3 Å². The topological polar surface area (TPSA) is 276 Å². The summed E-state index contributed by atoms with van der Waals surface area (Å²) in [7, 11) is 0. The molecule has 0 aliphatic carbocycles. The molecule has 16 nitrogen and oxygen atoms in total. The van der Waals surface area contributed by atoms with Crippen LogP contribution in [0.2, 0.25) is 0 Å².